The Hall–Kier alpha value is -1.90. The topological polar surface area (TPSA) is 30.7 Å². The fourth-order valence-corrected chi connectivity index (χ4v) is 2.10. The van der Waals surface area contributed by atoms with Gasteiger partial charge < -0.3 is 4.57 Å². The van der Waals surface area contributed by atoms with E-state index in [2.05, 4.69) is 27.5 Å². The minimum atomic E-state index is 0.954. The van der Waals surface area contributed by atoms with Crippen LogP contribution < -0.4 is 0 Å². The summed E-state index contributed by atoms with van der Waals surface area (Å²) < 4.78 is 2.26. The zero-order chi connectivity index (χ0) is 10.3. The predicted octanol–water partition coefficient (Wildman–Crippen LogP) is 2.60. The van der Waals surface area contributed by atoms with Crippen molar-refractivity contribution in [2.45, 2.75) is 13.5 Å². The van der Waals surface area contributed by atoms with E-state index in [1.54, 1.807) is 0 Å². The van der Waals surface area contributed by atoms with Gasteiger partial charge in [0.2, 0.25) is 0 Å². The third kappa shape index (κ3) is 1.06. The van der Waals surface area contributed by atoms with E-state index >= 15 is 0 Å². The number of aryl methyl sites for hydroxylation is 1. The first kappa shape index (κ1) is 8.41. The smallest absolute Gasteiger partial charge is 0.0975 e. The van der Waals surface area contributed by atoms with Crippen molar-refractivity contribution in [3.63, 3.8) is 0 Å². The number of fused-ring (bicyclic) bond motifs is 3. The van der Waals surface area contributed by atoms with Crippen molar-refractivity contribution >= 4 is 21.9 Å². The van der Waals surface area contributed by atoms with Gasteiger partial charge in [-0.15, -0.1) is 0 Å². The van der Waals surface area contributed by atoms with Gasteiger partial charge in [0, 0.05) is 30.5 Å². The second kappa shape index (κ2) is 3.05. The third-order valence-electron chi connectivity index (χ3n) is 2.74. The Kier molecular flexibility index (Phi) is 1.71. The van der Waals surface area contributed by atoms with Gasteiger partial charge >= 0.3 is 0 Å². The molecule has 0 aromatic carbocycles. The van der Waals surface area contributed by atoms with Crippen LogP contribution in [-0.4, -0.2) is 14.5 Å². The molecule has 0 aliphatic rings. The van der Waals surface area contributed by atoms with Crippen LogP contribution in [0.5, 0.6) is 0 Å². The maximum Gasteiger partial charge on any atom is 0.0975 e. The fourth-order valence-electron chi connectivity index (χ4n) is 2.10. The maximum absolute atomic E-state index is 4.42. The largest absolute Gasteiger partial charge is 0.339 e. The molecule has 0 radical (unpaired) electrons. The fraction of sp³-hybridized carbons (Fsp3) is 0.167. The standard InChI is InChI=1S/C12H11N3/c1-2-15-10-5-7-13-8-9(10)12-11(15)4-3-6-14-12/h3-8H,2H2,1H3. The van der Waals surface area contributed by atoms with Gasteiger partial charge in [-0.25, -0.2) is 0 Å². The van der Waals surface area contributed by atoms with Crippen molar-refractivity contribution in [2.75, 3.05) is 0 Å². The molecule has 3 aromatic rings. The van der Waals surface area contributed by atoms with E-state index < -0.39 is 0 Å². The summed E-state index contributed by atoms with van der Waals surface area (Å²) in [6.45, 7) is 3.10. The number of nitrogens with zero attached hydrogens (tertiary/aromatic N) is 3. The Balaban J connectivity index is 2.62. The summed E-state index contributed by atoms with van der Waals surface area (Å²) in [7, 11) is 0. The van der Waals surface area contributed by atoms with Gasteiger partial charge in [0.1, 0.15) is 0 Å². The molecular weight excluding hydrogens is 186 g/mol. The minimum absolute atomic E-state index is 0.954. The van der Waals surface area contributed by atoms with E-state index in [0.29, 0.717) is 0 Å². The van der Waals surface area contributed by atoms with E-state index in [1.165, 1.54) is 11.0 Å². The molecule has 3 heterocycles. The molecule has 0 aliphatic heterocycles. The number of hydrogen-bond donors (Lipinski definition) is 0. The highest BCUT2D eigenvalue weighted by Crippen LogP contribution is 2.25. The van der Waals surface area contributed by atoms with Crippen molar-refractivity contribution in [1.82, 2.24) is 14.5 Å². The van der Waals surface area contributed by atoms with Crippen molar-refractivity contribution < 1.29 is 0 Å². The summed E-state index contributed by atoms with van der Waals surface area (Å²) in [6.07, 6.45) is 5.54. The van der Waals surface area contributed by atoms with E-state index in [-0.39, 0.29) is 0 Å². The Morgan fingerprint density at radius 2 is 2.13 bits per heavy atom. The van der Waals surface area contributed by atoms with Crippen LogP contribution >= 0.6 is 0 Å². The SMILES string of the molecule is CCn1c2ccncc2c2ncccc21. The zero-order valence-corrected chi connectivity index (χ0v) is 8.51. The van der Waals surface area contributed by atoms with Crippen LogP contribution in [0.4, 0.5) is 0 Å². The first-order valence-corrected chi connectivity index (χ1v) is 5.08. The third-order valence-corrected chi connectivity index (χ3v) is 2.74. The Morgan fingerprint density at radius 3 is 3.00 bits per heavy atom. The molecule has 0 fully saturated rings. The summed E-state index contributed by atoms with van der Waals surface area (Å²) in [5.74, 6) is 0. The van der Waals surface area contributed by atoms with Gasteiger partial charge in [0.15, 0.2) is 0 Å². The number of hydrogen-bond acceptors (Lipinski definition) is 2. The lowest BCUT2D eigenvalue weighted by Gasteiger charge is -2.00. The molecule has 0 atom stereocenters. The number of aromatic nitrogens is 3. The average molecular weight is 197 g/mol. The van der Waals surface area contributed by atoms with E-state index in [0.717, 1.165) is 17.4 Å². The second-order valence-corrected chi connectivity index (χ2v) is 3.51. The molecule has 0 unspecified atom stereocenters. The van der Waals surface area contributed by atoms with Crippen LogP contribution in [0.3, 0.4) is 0 Å². The molecule has 0 spiro atoms. The first-order valence-electron chi connectivity index (χ1n) is 5.08. The quantitative estimate of drug-likeness (QED) is 0.600. The summed E-state index contributed by atoms with van der Waals surface area (Å²) in [5.41, 5.74) is 3.44. The molecule has 3 rings (SSSR count). The lowest BCUT2D eigenvalue weighted by atomic mass is 10.3. The molecule has 0 saturated carbocycles. The van der Waals surface area contributed by atoms with E-state index in [9.17, 15) is 0 Å². The van der Waals surface area contributed by atoms with Crippen molar-refractivity contribution in [3.8, 4) is 0 Å². The van der Waals surface area contributed by atoms with Crippen molar-refractivity contribution in [2.24, 2.45) is 0 Å². The first-order chi connectivity index (χ1) is 7.42. The number of pyridine rings is 2. The monoisotopic (exact) mass is 197 g/mol. The molecule has 74 valence electrons. The second-order valence-electron chi connectivity index (χ2n) is 3.51. The van der Waals surface area contributed by atoms with Crippen LogP contribution in [0.1, 0.15) is 6.92 Å². The summed E-state index contributed by atoms with van der Waals surface area (Å²) in [6, 6.07) is 6.12. The molecule has 0 amide bonds. The maximum atomic E-state index is 4.42. The molecular formula is C12H11N3. The Labute approximate surface area is 87.4 Å². The van der Waals surface area contributed by atoms with Crippen LogP contribution in [-0.2, 0) is 6.54 Å². The molecule has 3 heteroatoms. The van der Waals surface area contributed by atoms with Gasteiger partial charge in [-0.3, -0.25) is 9.97 Å². The molecule has 0 bridgehead atoms. The van der Waals surface area contributed by atoms with Crippen molar-refractivity contribution in [1.29, 1.82) is 0 Å². The molecule has 3 aromatic heterocycles. The molecule has 3 nitrogen and oxygen atoms in total. The molecule has 0 N–H and O–H groups in total. The van der Waals surface area contributed by atoms with Crippen LogP contribution in [0, 0.1) is 0 Å². The van der Waals surface area contributed by atoms with Crippen LogP contribution in [0.25, 0.3) is 21.9 Å². The summed E-state index contributed by atoms with van der Waals surface area (Å²) in [5, 5.41) is 1.13. The van der Waals surface area contributed by atoms with Gasteiger partial charge in [0.25, 0.3) is 0 Å². The van der Waals surface area contributed by atoms with Gasteiger partial charge in [-0.2, -0.15) is 0 Å². The van der Waals surface area contributed by atoms with E-state index in [4.69, 9.17) is 0 Å². The summed E-state index contributed by atoms with van der Waals surface area (Å²) in [4.78, 5) is 8.57. The number of rotatable bonds is 1. The Bertz CT molecular complexity index is 572. The lowest BCUT2D eigenvalue weighted by molar-refractivity contribution is 0.826. The van der Waals surface area contributed by atoms with Crippen molar-refractivity contribution in [3.05, 3.63) is 36.8 Å². The van der Waals surface area contributed by atoms with Crippen LogP contribution in [0.2, 0.25) is 0 Å². The minimum Gasteiger partial charge on any atom is -0.339 e. The predicted molar refractivity (Wildman–Crippen MR) is 60.7 cm³/mol. The zero-order valence-electron chi connectivity index (χ0n) is 8.51. The molecule has 0 saturated heterocycles. The average Bonchev–Trinajstić information content (AvgIpc) is 2.63. The highest BCUT2D eigenvalue weighted by molar-refractivity contribution is 6.05. The van der Waals surface area contributed by atoms with Gasteiger partial charge in [-0.1, -0.05) is 0 Å². The molecule has 0 aliphatic carbocycles. The van der Waals surface area contributed by atoms with Gasteiger partial charge in [-0.05, 0) is 25.1 Å². The summed E-state index contributed by atoms with van der Waals surface area (Å²) >= 11 is 0. The van der Waals surface area contributed by atoms with E-state index in [1.807, 2.05) is 30.7 Å². The highest BCUT2D eigenvalue weighted by atomic mass is 15.0. The normalized spacial score (nSPS) is 11.3. The lowest BCUT2D eigenvalue weighted by Crippen LogP contribution is -1.92. The molecule has 15 heavy (non-hydrogen) atoms. The Morgan fingerprint density at radius 1 is 1.20 bits per heavy atom. The highest BCUT2D eigenvalue weighted by Gasteiger charge is 2.08. The van der Waals surface area contributed by atoms with Crippen LogP contribution in [0.15, 0.2) is 36.8 Å². The van der Waals surface area contributed by atoms with Gasteiger partial charge in [0.05, 0.1) is 16.6 Å².